The molecule has 0 bridgehead atoms. The van der Waals surface area contributed by atoms with E-state index in [1.807, 2.05) is 4.90 Å². The number of piperazine rings is 1. The van der Waals surface area contributed by atoms with Gasteiger partial charge in [0, 0.05) is 43.8 Å². The number of amides is 3. The highest BCUT2D eigenvalue weighted by molar-refractivity contribution is 6.30. The van der Waals surface area contributed by atoms with Gasteiger partial charge in [-0.25, -0.2) is 4.39 Å². The lowest BCUT2D eigenvalue weighted by Gasteiger charge is -2.35. The van der Waals surface area contributed by atoms with Gasteiger partial charge in [-0.05, 0) is 35.9 Å². The predicted octanol–water partition coefficient (Wildman–Crippen LogP) is 2.83. The van der Waals surface area contributed by atoms with E-state index in [-0.39, 0.29) is 30.7 Å². The topological polar surface area (TPSA) is 81.8 Å². The van der Waals surface area contributed by atoms with Gasteiger partial charge in [0.25, 0.3) is 0 Å². The number of benzene rings is 2. The third kappa shape index (κ3) is 7.03. The molecule has 0 spiro atoms. The molecular weight excluding hydrogens is 435 g/mol. The summed E-state index contributed by atoms with van der Waals surface area (Å²) in [5, 5.41) is 6.09. The molecule has 2 aromatic rings. The predicted molar refractivity (Wildman–Crippen MR) is 121 cm³/mol. The van der Waals surface area contributed by atoms with Crippen molar-refractivity contribution in [3.63, 3.8) is 0 Å². The second-order valence-corrected chi connectivity index (χ2v) is 8.16. The Labute approximate surface area is 191 Å². The van der Waals surface area contributed by atoms with E-state index in [9.17, 15) is 18.8 Å². The fourth-order valence-electron chi connectivity index (χ4n) is 3.62. The Morgan fingerprint density at radius 3 is 2.38 bits per heavy atom. The SMILES string of the molecule is CC(=O)N[C@@H](CC(=O)N1CCN(CC(=O)Nc2cccc(F)c2)CC1)c1ccc(Cl)cc1. The minimum Gasteiger partial charge on any atom is -0.349 e. The summed E-state index contributed by atoms with van der Waals surface area (Å²) in [7, 11) is 0. The Kier molecular flexibility index (Phi) is 8.19. The van der Waals surface area contributed by atoms with Crippen LogP contribution in [0.1, 0.15) is 24.9 Å². The van der Waals surface area contributed by atoms with Crippen LogP contribution in [0.5, 0.6) is 0 Å². The molecule has 3 rings (SSSR count). The molecule has 0 saturated carbocycles. The maximum Gasteiger partial charge on any atom is 0.238 e. The quantitative estimate of drug-likeness (QED) is 0.665. The van der Waals surface area contributed by atoms with Crippen molar-refractivity contribution in [2.45, 2.75) is 19.4 Å². The molecule has 2 N–H and O–H groups in total. The van der Waals surface area contributed by atoms with E-state index in [0.29, 0.717) is 36.9 Å². The third-order valence-electron chi connectivity index (χ3n) is 5.23. The van der Waals surface area contributed by atoms with Crippen LogP contribution in [-0.2, 0) is 14.4 Å². The van der Waals surface area contributed by atoms with Crippen molar-refractivity contribution < 1.29 is 18.8 Å². The van der Waals surface area contributed by atoms with Crippen molar-refractivity contribution in [3.05, 3.63) is 64.9 Å². The van der Waals surface area contributed by atoms with Crippen LogP contribution < -0.4 is 10.6 Å². The Balaban J connectivity index is 1.49. The Morgan fingerprint density at radius 2 is 1.75 bits per heavy atom. The number of hydrogen-bond donors (Lipinski definition) is 2. The van der Waals surface area contributed by atoms with Crippen LogP contribution in [0.4, 0.5) is 10.1 Å². The molecule has 1 aliphatic rings. The summed E-state index contributed by atoms with van der Waals surface area (Å²) in [4.78, 5) is 40.4. The first-order chi connectivity index (χ1) is 15.3. The first-order valence-corrected chi connectivity index (χ1v) is 10.8. The average Bonchev–Trinajstić information content (AvgIpc) is 2.74. The van der Waals surface area contributed by atoms with Gasteiger partial charge in [0.2, 0.25) is 17.7 Å². The Hall–Kier alpha value is -2.97. The molecule has 32 heavy (non-hydrogen) atoms. The molecule has 0 aromatic heterocycles. The van der Waals surface area contributed by atoms with Crippen LogP contribution in [0.15, 0.2) is 48.5 Å². The zero-order valence-electron chi connectivity index (χ0n) is 17.8. The Bertz CT molecular complexity index is 962. The first-order valence-electron chi connectivity index (χ1n) is 10.4. The number of carbonyl (C=O) groups excluding carboxylic acids is 3. The van der Waals surface area contributed by atoms with E-state index in [2.05, 4.69) is 10.6 Å². The van der Waals surface area contributed by atoms with E-state index in [1.165, 1.54) is 25.1 Å². The van der Waals surface area contributed by atoms with Crippen molar-refractivity contribution in [1.29, 1.82) is 0 Å². The summed E-state index contributed by atoms with van der Waals surface area (Å²) in [6, 6.07) is 12.4. The van der Waals surface area contributed by atoms with Gasteiger partial charge in [0.1, 0.15) is 5.82 Å². The second-order valence-electron chi connectivity index (χ2n) is 7.72. The average molecular weight is 461 g/mol. The van der Waals surface area contributed by atoms with Gasteiger partial charge in [-0.1, -0.05) is 29.8 Å². The number of nitrogens with zero attached hydrogens (tertiary/aromatic N) is 2. The lowest BCUT2D eigenvalue weighted by atomic mass is 10.0. The van der Waals surface area contributed by atoms with Crippen LogP contribution in [0, 0.1) is 5.82 Å². The van der Waals surface area contributed by atoms with Crippen molar-refractivity contribution in [2.75, 3.05) is 38.0 Å². The van der Waals surface area contributed by atoms with Crippen LogP contribution >= 0.6 is 11.6 Å². The standard InChI is InChI=1S/C23H26ClFN4O3/c1-16(30)26-21(17-5-7-18(24)8-6-17)14-23(32)29-11-9-28(10-12-29)15-22(31)27-20-4-2-3-19(25)13-20/h2-8,13,21H,9-12,14-15H2,1H3,(H,26,30)(H,27,31)/t21-/m0/s1. The molecular formula is C23H26ClFN4O3. The van der Waals surface area contributed by atoms with Gasteiger partial charge in [-0.2, -0.15) is 0 Å². The van der Waals surface area contributed by atoms with Crippen molar-refractivity contribution >= 4 is 35.0 Å². The molecule has 7 nitrogen and oxygen atoms in total. The zero-order valence-corrected chi connectivity index (χ0v) is 18.6. The molecule has 9 heteroatoms. The molecule has 1 aliphatic heterocycles. The van der Waals surface area contributed by atoms with Gasteiger partial charge in [0.05, 0.1) is 19.0 Å². The van der Waals surface area contributed by atoms with E-state index in [0.717, 1.165) is 5.56 Å². The van der Waals surface area contributed by atoms with Crippen molar-refractivity contribution in [1.82, 2.24) is 15.1 Å². The summed E-state index contributed by atoms with van der Waals surface area (Å²) in [6.07, 6.45) is 0.140. The van der Waals surface area contributed by atoms with E-state index >= 15 is 0 Å². The van der Waals surface area contributed by atoms with E-state index in [4.69, 9.17) is 11.6 Å². The number of hydrogen-bond acceptors (Lipinski definition) is 4. The number of carbonyl (C=O) groups is 3. The molecule has 3 amide bonds. The second kappa shape index (κ2) is 11.1. The number of anilines is 1. The first kappa shape index (κ1) is 23.7. The lowest BCUT2D eigenvalue weighted by molar-refractivity contribution is -0.133. The highest BCUT2D eigenvalue weighted by atomic mass is 35.5. The molecule has 170 valence electrons. The number of halogens is 2. The van der Waals surface area contributed by atoms with Crippen molar-refractivity contribution in [3.8, 4) is 0 Å². The normalized spacial score (nSPS) is 15.2. The zero-order chi connectivity index (χ0) is 23.1. The highest BCUT2D eigenvalue weighted by Crippen LogP contribution is 2.21. The van der Waals surface area contributed by atoms with Crippen LogP contribution in [0.3, 0.4) is 0 Å². The maximum absolute atomic E-state index is 13.3. The van der Waals surface area contributed by atoms with Crippen LogP contribution in [0.2, 0.25) is 5.02 Å². The van der Waals surface area contributed by atoms with Crippen LogP contribution in [-0.4, -0.2) is 60.2 Å². The summed E-state index contributed by atoms with van der Waals surface area (Å²) >= 11 is 5.94. The fraction of sp³-hybridized carbons (Fsp3) is 0.348. The lowest BCUT2D eigenvalue weighted by Crippen LogP contribution is -2.51. The molecule has 1 fully saturated rings. The molecule has 1 atom stereocenters. The van der Waals surface area contributed by atoms with Gasteiger partial charge in [0.15, 0.2) is 0 Å². The van der Waals surface area contributed by atoms with Crippen LogP contribution in [0.25, 0.3) is 0 Å². The summed E-state index contributed by atoms with van der Waals surface area (Å²) in [5.74, 6) is -0.927. The maximum atomic E-state index is 13.3. The van der Waals surface area contributed by atoms with E-state index < -0.39 is 11.9 Å². The van der Waals surface area contributed by atoms with Gasteiger partial charge in [-0.15, -0.1) is 0 Å². The summed E-state index contributed by atoms with van der Waals surface area (Å²) in [5.41, 5.74) is 1.22. The number of nitrogens with one attached hydrogen (secondary N) is 2. The third-order valence-corrected chi connectivity index (χ3v) is 5.48. The molecule has 0 aliphatic carbocycles. The Morgan fingerprint density at radius 1 is 1.06 bits per heavy atom. The number of rotatable bonds is 7. The molecule has 2 aromatic carbocycles. The minimum absolute atomic E-state index is 0.0671. The monoisotopic (exact) mass is 460 g/mol. The molecule has 1 heterocycles. The minimum atomic E-state index is -0.438. The molecule has 1 saturated heterocycles. The van der Waals surface area contributed by atoms with E-state index in [1.54, 1.807) is 35.2 Å². The van der Waals surface area contributed by atoms with Crippen molar-refractivity contribution in [2.24, 2.45) is 0 Å². The molecule has 0 unspecified atom stereocenters. The van der Waals surface area contributed by atoms with Gasteiger partial charge in [-0.3, -0.25) is 19.3 Å². The largest absolute Gasteiger partial charge is 0.349 e. The van der Waals surface area contributed by atoms with Gasteiger partial charge >= 0.3 is 0 Å². The smallest absolute Gasteiger partial charge is 0.238 e. The molecule has 0 radical (unpaired) electrons. The summed E-state index contributed by atoms with van der Waals surface area (Å²) < 4.78 is 13.3. The fourth-order valence-corrected chi connectivity index (χ4v) is 3.75. The highest BCUT2D eigenvalue weighted by Gasteiger charge is 2.25. The summed E-state index contributed by atoms with van der Waals surface area (Å²) in [6.45, 7) is 3.65. The van der Waals surface area contributed by atoms with Gasteiger partial charge < -0.3 is 15.5 Å².